The number of aliphatic carboxylic acids is 2. The van der Waals surface area contributed by atoms with Crippen LogP contribution in [0.3, 0.4) is 0 Å². The Balaban J connectivity index is 1.69. The van der Waals surface area contributed by atoms with Crippen molar-refractivity contribution >= 4 is 57.9 Å². The lowest BCUT2D eigenvalue weighted by Gasteiger charge is -2.30. The molecule has 1 unspecified atom stereocenters. The molecule has 0 spiro atoms. The van der Waals surface area contributed by atoms with Gasteiger partial charge in [-0.2, -0.15) is 0 Å². The van der Waals surface area contributed by atoms with Crippen molar-refractivity contribution in [3.63, 3.8) is 0 Å². The largest absolute Gasteiger partial charge is 0.481 e. The molecule has 308 valence electrons. The van der Waals surface area contributed by atoms with Crippen molar-refractivity contribution in [1.82, 2.24) is 26.2 Å². The minimum atomic E-state index is -1.38. The second kappa shape index (κ2) is 22.4. The number of hydrogen-bond acceptors (Lipinski definition) is 11. The normalized spacial score (nSPS) is 14.5. The minimum Gasteiger partial charge on any atom is -0.481 e. The predicted molar refractivity (Wildman–Crippen MR) is 211 cm³/mol. The highest BCUT2D eigenvalue weighted by Crippen LogP contribution is 2.35. The molecule has 0 aliphatic carbocycles. The number of nitrogens with zero attached hydrogens (tertiary/aromatic N) is 2. The van der Waals surface area contributed by atoms with Gasteiger partial charge in [-0.15, -0.1) is 0 Å². The zero-order chi connectivity index (χ0) is 41.4. The molecule has 0 saturated carbocycles. The van der Waals surface area contributed by atoms with Gasteiger partial charge in [0.2, 0.25) is 17.7 Å². The van der Waals surface area contributed by atoms with Crippen LogP contribution in [0.5, 0.6) is 0 Å². The first kappa shape index (κ1) is 45.3. The molecule has 4 atom stereocenters. The van der Waals surface area contributed by atoms with Gasteiger partial charge in [-0.3, -0.25) is 33.7 Å². The van der Waals surface area contributed by atoms with Crippen molar-refractivity contribution < 1.29 is 43.8 Å². The highest BCUT2D eigenvalue weighted by atomic mass is 16.4. The summed E-state index contributed by atoms with van der Waals surface area (Å²) >= 11 is 0. The average Bonchev–Trinajstić information content (AvgIpc) is 3.15. The molecule has 56 heavy (non-hydrogen) atoms. The first-order chi connectivity index (χ1) is 26.7. The van der Waals surface area contributed by atoms with Gasteiger partial charge >= 0.3 is 11.9 Å². The maximum Gasteiger partial charge on any atom is 0.326 e. The Morgan fingerprint density at radius 1 is 0.786 bits per heavy atom. The molecule has 3 rings (SSSR count). The summed E-state index contributed by atoms with van der Waals surface area (Å²) < 4.78 is 0. The fourth-order valence-corrected chi connectivity index (χ4v) is 6.53. The molecule has 17 heteroatoms. The number of carboxylic acid groups (broad SMARTS) is 2. The van der Waals surface area contributed by atoms with Crippen LogP contribution in [0.1, 0.15) is 98.3 Å². The van der Waals surface area contributed by atoms with Crippen molar-refractivity contribution in [2.45, 2.75) is 102 Å². The van der Waals surface area contributed by atoms with Gasteiger partial charge in [0, 0.05) is 80.2 Å². The van der Waals surface area contributed by atoms with Crippen LogP contribution in [0.25, 0.3) is 10.8 Å². The molecule has 1 aliphatic rings. The van der Waals surface area contributed by atoms with Crippen molar-refractivity contribution in [1.29, 1.82) is 0 Å². The summed E-state index contributed by atoms with van der Waals surface area (Å²) in [5, 5.41) is 30.5. The van der Waals surface area contributed by atoms with Gasteiger partial charge < -0.3 is 47.8 Å². The molecular weight excluding hydrogens is 724 g/mol. The van der Waals surface area contributed by atoms with Crippen LogP contribution in [0.2, 0.25) is 0 Å². The Morgan fingerprint density at radius 3 is 2.16 bits per heavy atom. The number of benzene rings is 2. The van der Waals surface area contributed by atoms with E-state index in [2.05, 4.69) is 28.2 Å². The van der Waals surface area contributed by atoms with E-state index in [1.54, 1.807) is 24.3 Å². The van der Waals surface area contributed by atoms with E-state index in [1.807, 2.05) is 25.1 Å². The van der Waals surface area contributed by atoms with Gasteiger partial charge in [-0.1, -0.05) is 44.7 Å². The van der Waals surface area contributed by atoms with Crippen LogP contribution < -0.4 is 37.6 Å². The van der Waals surface area contributed by atoms with Gasteiger partial charge in [-0.05, 0) is 56.8 Å². The number of unbranched alkanes of at least 4 members (excludes halogenated alkanes) is 3. The maximum absolute atomic E-state index is 13.7. The fourth-order valence-electron chi connectivity index (χ4n) is 6.53. The quantitative estimate of drug-likeness (QED) is 0.0495. The van der Waals surface area contributed by atoms with Gasteiger partial charge in [0.15, 0.2) is 0 Å². The molecule has 2 aromatic rings. The summed E-state index contributed by atoms with van der Waals surface area (Å²) in [6.07, 6.45) is 4.74. The van der Waals surface area contributed by atoms with Crippen LogP contribution in [0.15, 0.2) is 30.3 Å². The van der Waals surface area contributed by atoms with E-state index in [1.165, 1.54) is 0 Å². The number of carboxylic acids is 2. The molecule has 5 amide bonds. The maximum atomic E-state index is 13.7. The number of nitrogens with two attached hydrogens (primary N) is 2. The number of amides is 5. The topological polar surface area (TPSA) is 267 Å². The summed E-state index contributed by atoms with van der Waals surface area (Å²) in [7, 11) is 3.72. The lowest BCUT2D eigenvalue weighted by Crippen LogP contribution is -2.54. The fraction of sp³-hybridized carbons (Fsp3) is 0.564. The second-order valence-corrected chi connectivity index (χ2v) is 14.4. The summed E-state index contributed by atoms with van der Waals surface area (Å²) in [6.45, 7) is 2.63. The first-order valence-corrected chi connectivity index (χ1v) is 19.3. The van der Waals surface area contributed by atoms with Crippen molar-refractivity contribution in [3.8, 4) is 0 Å². The van der Waals surface area contributed by atoms with Crippen molar-refractivity contribution in [2.24, 2.45) is 11.5 Å². The number of rotatable bonds is 26. The molecule has 0 saturated heterocycles. The lowest BCUT2D eigenvalue weighted by atomic mass is 9.92. The SMILES string of the molecule is CCCCCC[C@H](N)CNCC[C@H](N)C(=O)N[C@H](CCN1C(=O)c2cccc3c(N(C)C)ccc(c23)C1=O)C(=O)NCCC(NC(=O)CCCC(=O)O)C(=O)O. The Bertz CT molecular complexity index is 1700. The first-order valence-electron chi connectivity index (χ1n) is 19.3. The Hall–Kier alpha value is -5.13. The lowest BCUT2D eigenvalue weighted by molar-refractivity contribution is -0.142. The van der Waals surface area contributed by atoms with Gasteiger partial charge in [-0.25, -0.2) is 4.79 Å². The Kier molecular flexibility index (Phi) is 18.1. The molecule has 1 aliphatic heterocycles. The molecule has 0 radical (unpaired) electrons. The van der Waals surface area contributed by atoms with Crippen LogP contribution in [0.4, 0.5) is 5.69 Å². The molecule has 0 bridgehead atoms. The van der Waals surface area contributed by atoms with Crippen molar-refractivity contribution in [2.75, 3.05) is 45.2 Å². The molecule has 17 nitrogen and oxygen atoms in total. The van der Waals surface area contributed by atoms with E-state index in [0.717, 1.165) is 48.1 Å². The molecule has 1 heterocycles. The zero-order valence-electron chi connectivity index (χ0n) is 32.6. The summed E-state index contributed by atoms with van der Waals surface area (Å²) in [5.74, 6) is -5.56. The third-order valence-corrected chi connectivity index (χ3v) is 9.69. The van der Waals surface area contributed by atoms with Crippen LogP contribution in [-0.4, -0.2) is 121 Å². The third kappa shape index (κ3) is 13.3. The molecule has 0 aromatic heterocycles. The number of carbonyl (C=O) groups excluding carboxylic acids is 5. The second-order valence-electron chi connectivity index (χ2n) is 14.4. The molecule has 2 aromatic carbocycles. The minimum absolute atomic E-state index is 0.0242. The van der Waals surface area contributed by atoms with Gasteiger partial charge in [0.25, 0.3) is 11.8 Å². The van der Waals surface area contributed by atoms with Crippen LogP contribution in [-0.2, 0) is 24.0 Å². The summed E-state index contributed by atoms with van der Waals surface area (Å²) in [6, 6.07) is 4.95. The van der Waals surface area contributed by atoms with E-state index < -0.39 is 59.6 Å². The van der Waals surface area contributed by atoms with E-state index in [0.29, 0.717) is 29.6 Å². The highest BCUT2D eigenvalue weighted by molar-refractivity contribution is 6.26. The predicted octanol–water partition coefficient (Wildman–Crippen LogP) is 1.31. The smallest absolute Gasteiger partial charge is 0.326 e. The zero-order valence-corrected chi connectivity index (χ0v) is 32.6. The van der Waals surface area contributed by atoms with Crippen LogP contribution >= 0.6 is 0 Å². The Morgan fingerprint density at radius 2 is 1.50 bits per heavy atom. The summed E-state index contributed by atoms with van der Waals surface area (Å²) in [4.78, 5) is 92.0. The van der Waals surface area contributed by atoms with Crippen LogP contribution in [0, 0.1) is 0 Å². The van der Waals surface area contributed by atoms with E-state index in [-0.39, 0.29) is 57.7 Å². The molecular formula is C39H58N8O9. The standard InChI is InChI=1S/C39H58N8O9/c1-4-5-6-7-10-24(40)23-42-20-17-28(41)35(51)45-29(36(52)43-21-18-30(39(55)56)44-32(48)13-9-14-33(49)50)19-22-47-37(53)26-12-8-11-25-31(46(2)3)16-15-27(34(25)26)38(47)54/h8,11-12,15-16,24,28-30,42H,4-7,9-10,13-14,17-23,40-41H2,1-3H3,(H,43,52)(H,44,48)(H,45,51)(H,49,50)(H,55,56)/t24-,28-,29+,30?/m0/s1. The Labute approximate surface area is 327 Å². The molecule has 10 N–H and O–H groups in total. The van der Waals surface area contributed by atoms with Crippen molar-refractivity contribution in [3.05, 3.63) is 41.5 Å². The number of hydrogen-bond donors (Lipinski definition) is 8. The molecule has 0 fully saturated rings. The van der Waals surface area contributed by atoms with Gasteiger partial charge in [0.1, 0.15) is 12.1 Å². The van der Waals surface area contributed by atoms with E-state index in [4.69, 9.17) is 16.6 Å². The third-order valence-electron chi connectivity index (χ3n) is 9.69. The number of imide groups is 1. The highest BCUT2D eigenvalue weighted by Gasteiger charge is 2.35. The monoisotopic (exact) mass is 782 g/mol. The van der Waals surface area contributed by atoms with E-state index in [9.17, 15) is 38.7 Å². The average molecular weight is 783 g/mol. The number of anilines is 1. The van der Waals surface area contributed by atoms with Gasteiger partial charge in [0.05, 0.1) is 6.04 Å². The summed E-state index contributed by atoms with van der Waals surface area (Å²) in [5.41, 5.74) is 13.9. The number of nitrogens with one attached hydrogen (secondary N) is 4. The van der Waals surface area contributed by atoms with E-state index >= 15 is 0 Å². The number of carbonyl (C=O) groups is 7.